The number of alkyl halides is 5. The van der Waals surface area contributed by atoms with E-state index in [0.29, 0.717) is 11.3 Å². The Morgan fingerprint density at radius 1 is 1.17 bits per heavy atom. The molecule has 0 amide bonds. The maximum absolute atomic E-state index is 15.0. The Morgan fingerprint density at radius 2 is 1.94 bits per heavy atom. The largest absolute Gasteiger partial charge is 0.405 e. The molecule has 1 fully saturated rings. The Balaban J connectivity index is 1.66. The lowest BCUT2D eigenvalue weighted by atomic mass is 10.1. The van der Waals surface area contributed by atoms with Gasteiger partial charge in [-0.15, -0.1) is 10.2 Å². The highest BCUT2D eigenvalue weighted by atomic mass is 19.4. The fourth-order valence-corrected chi connectivity index (χ4v) is 3.87. The van der Waals surface area contributed by atoms with Gasteiger partial charge in [0.25, 0.3) is 12.2 Å². The van der Waals surface area contributed by atoms with E-state index in [0.717, 1.165) is 4.90 Å². The molecule has 0 unspecified atom stereocenters. The number of aryl methyl sites for hydroxylation is 1. The Kier molecular flexibility index (Phi) is 5.30. The number of hydrogen-bond acceptors (Lipinski definition) is 5. The molecular formula is C23H16F6N6. The summed E-state index contributed by atoms with van der Waals surface area (Å²) in [7, 11) is 0. The van der Waals surface area contributed by atoms with Crippen LogP contribution in [0, 0.1) is 30.0 Å². The molecule has 1 aliphatic rings. The Morgan fingerprint density at radius 3 is 2.63 bits per heavy atom. The van der Waals surface area contributed by atoms with E-state index in [1.165, 1.54) is 34.9 Å². The number of fused-ring (bicyclic) bond motifs is 3. The van der Waals surface area contributed by atoms with Crippen LogP contribution in [-0.2, 0) is 0 Å². The Labute approximate surface area is 194 Å². The van der Waals surface area contributed by atoms with Crippen molar-refractivity contribution in [1.82, 2.24) is 24.6 Å². The molecule has 1 aromatic carbocycles. The van der Waals surface area contributed by atoms with E-state index in [1.54, 1.807) is 13.0 Å². The second kappa shape index (κ2) is 8.11. The van der Waals surface area contributed by atoms with Crippen molar-refractivity contribution in [1.29, 1.82) is 0 Å². The highest BCUT2D eigenvalue weighted by Crippen LogP contribution is 2.57. The maximum atomic E-state index is 15.0. The number of rotatable bonds is 4. The molecular weight excluding hydrogens is 474 g/mol. The van der Waals surface area contributed by atoms with Gasteiger partial charge in [-0.05, 0) is 50.0 Å². The first kappa shape index (κ1) is 22.9. The van der Waals surface area contributed by atoms with Crippen LogP contribution in [0.5, 0.6) is 0 Å². The minimum Gasteiger partial charge on any atom is -0.320 e. The second-order valence-corrected chi connectivity index (χ2v) is 8.18. The molecule has 0 bridgehead atoms. The van der Waals surface area contributed by atoms with Crippen LogP contribution in [0.2, 0.25) is 0 Å². The maximum Gasteiger partial charge on any atom is 0.405 e. The lowest BCUT2D eigenvalue weighted by Crippen LogP contribution is -2.26. The molecule has 0 spiro atoms. The number of benzene rings is 1. The molecule has 6 nitrogen and oxygen atoms in total. The number of hydrogen-bond donors (Lipinski definition) is 0. The third kappa shape index (κ3) is 4.00. The van der Waals surface area contributed by atoms with Gasteiger partial charge in [-0.1, -0.05) is 12.0 Å². The molecule has 180 valence electrons. The van der Waals surface area contributed by atoms with Crippen molar-refractivity contribution in [3.8, 4) is 11.8 Å². The topological polar surface area (TPSA) is 59.2 Å². The zero-order valence-electron chi connectivity index (χ0n) is 18.1. The first-order valence-electron chi connectivity index (χ1n) is 10.5. The minimum absolute atomic E-state index is 0.0398. The van der Waals surface area contributed by atoms with Crippen LogP contribution in [0.25, 0.3) is 16.7 Å². The van der Waals surface area contributed by atoms with E-state index >= 15 is 4.39 Å². The monoisotopic (exact) mass is 490 g/mol. The van der Waals surface area contributed by atoms with E-state index < -0.39 is 30.4 Å². The molecule has 3 heterocycles. The second-order valence-electron chi connectivity index (χ2n) is 8.18. The number of halogens is 6. The fourth-order valence-electron chi connectivity index (χ4n) is 3.87. The minimum atomic E-state index is -4.47. The SMILES string of the molecule is Cc1nnc2nc(N(CC(F)F)c3ccnc(C#CC4(C(F)(F)F)CC4)c3)c3c(F)cccc3n12. The fraction of sp³-hybridized carbons (Fsp3) is 0.304. The van der Waals surface area contributed by atoms with Gasteiger partial charge in [0, 0.05) is 11.9 Å². The van der Waals surface area contributed by atoms with Crippen LogP contribution < -0.4 is 4.90 Å². The summed E-state index contributed by atoms with van der Waals surface area (Å²) in [6.07, 6.45) is -6.28. The zero-order chi connectivity index (χ0) is 25.0. The number of aromatic nitrogens is 5. The molecule has 0 saturated heterocycles. The van der Waals surface area contributed by atoms with Gasteiger partial charge in [-0.3, -0.25) is 4.40 Å². The summed E-state index contributed by atoms with van der Waals surface area (Å²) in [5, 5.41) is 7.84. The number of pyridine rings is 1. The summed E-state index contributed by atoms with van der Waals surface area (Å²) in [5.41, 5.74) is -1.67. The first-order chi connectivity index (χ1) is 16.6. The average molecular weight is 490 g/mol. The summed E-state index contributed by atoms with van der Waals surface area (Å²) in [5.74, 6) is 4.32. The van der Waals surface area contributed by atoms with Gasteiger partial charge in [0.05, 0.1) is 17.4 Å². The predicted molar refractivity (Wildman–Crippen MR) is 115 cm³/mol. The molecule has 0 atom stereocenters. The van der Waals surface area contributed by atoms with Gasteiger partial charge >= 0.3 is 6.18 Å². The Hall–Kier alpha value is -3.88. The van der Waals surface area contributed by atoms with E-state index in [4.69, 9.17) is 0 Å². The first-order valence-corrected chi connectivity index (χ1v) is 10.5. The molecule has 1 aliphatic carbocycles. The summed E-state index contributed by atoms with van der Waals surface area (Å²) >= 11 is 0. The third-order valence-corrected chi connectivity index (χ3v) is 5.82. The van der Waals surface area contributed by atoms with Crippen molar-refractivity contribution in [2.45, 2.75) is 32.4 Å². The van der Waals surface area contributed by atoms with Gasteiger partial charge < -0.3 is 4.90 Å². The molecule has 0 aliphatic heterocycles. The van der Waals surface area contributed by atoms with E-state index in [-0.39, 0.29) is 41.2 Å². The molecule has 1 saturated carbocycles. The average Bonchev–Trinajstić information content (AvgIpc) is 3.52. The summed E-state index contributed by atoms with van der Waals surface area (Å²) < 4.78 is 83.5. The molecule has 3 aromatic heterocycles. The van der Waals surface area contributed by atoms with Crippen molar-refractivity contribution in [2.24, 2.45) is 5.41 Å². The highest BCUT2D eigenvalue weighted by molar-refractivity contribution is 5.94. The van der Waals surface area contributed by atoms with E-state index in [9.17, 15) is 22.0 Å². The molecule has 35 heavy (non-hydrogen) atoms. The van der Waals surface area contributed by atoms with Crippen LogP contribution in [-0.4, -0.2) is 43.7 Å². The van der Waals surface area contributed by atoms with Crippen LogP contribution in [0.3, 0.4) is 0 Å². The van der Waals surface area contributed by atoms with E-state index in [2.05, 4.69) is 32.0 Å². The lowest BCUT2D eigenvalue weighted by molar-refractivity contribution is -0.168. The molecule has 4 aromatic rings. The van der Waals surface area contributed by atoms with Crippen molar-refractivity contribution in [3.05, 3.63) is 53.9 Å². The van der Waals surface area contributed by atoms with Gasteiger partial charge in [-0.25, -0.2) is 18.2 Å². The number of anilines is 2. The lowest BCUT2D eigenvalue weighted by Gasteiger charge is -2.25. The van der Waals surface area contributed by atoms with Gasteiger partial charge in [0.1, 0.15) is 28.6 Å². The molecule has 5 rings (SSSR count). The molecule has 0 N–H and O–H groups in total. The van der Waals surface area contributed by atoms with Crippen LogP contribution >= 0.6 is 0 Å². The smallest absolute Gasteiger partial charge is 0.320 e. The summed E-state index contributed by atoms with van der Waals surface area (Å²) in [4.78, 5) is 9.35. The summed E-state index contributed by atoms with van der Waals surface area (Å²) in [6, 6.07) is 6.87. The van der Waals surface area contributed by atoms with Gasteiger partial charge in [-0.2, -0.15) is 18.2 Å². The van der Waals surface area contributed by atoms with Crippen LogP contribution in [0.4, 0.5) is 37.8 Å². The van der Waals surface area contributed by atoms with E-state index in [1.807, 2.05) is 0 Å². The standard InChI is InChI=1S/C23H16F6N6/c1-13-32-33-21-31-20(19-16(24)3-2-4-17(19)35(13)21)34(12-18(25)26)15-6-10-30-14(11-15)5-7-22(8-9-22)23(27,28)29/h2-4,6,10-11,18H,8-9,12H2,1H3. The van der Waals surface area contributed by atoms with Crippen LogP contribution in [0.15, 0.2) is 36.5 Å². The van der Waals surface area contributed by atoms with Gasteiger partial charge in [0.15, 0.2) is 0 Å². The molecule has 0 radical (unpaired) electrons. The van der Waals surface area contributed by atoms with Crippen molar-refractivity contribution < 1.29 is 26.3 Å². The summed E-state index contributed by atoms with van der Waals surface area (Å²) in [6.45, 7) is 0.771. The van der Waals surface area contributed by atoms with Crippen LogP contribution in [0.1, 0.15) is 24.4 Å². The van der Waals surface area contributed by atoms with Crippen molar-refractivity contribution in [2.75, 3.05) is 11.4 Å². The predicted octanol–water partition coefficient (Wildman–Crippen LogP) is 5.22. The number of nitrogens with zero attached hydrogens (tertiary/aromatic N) is 6. The normalized spacial score (nSPS) is 14.9. The third-order valence-electron chi connectivity index (χ3n) is 5.82. The van der Waals surface area contributed by atoms with Gasteiger partial charge in [0.2, 0.25) is 0 Å². The highest BCUT2D eigenvalue weighted by Gasteiger charge is 2.62. The van der Waals surface area contributed by atoms with Crippen molar-refractivity contribution in [3.63, 3.8) is 0 Å². The zero-order valence-corrected chi connectivity index (χ0v) is 18.1. The quantitative estimate of drug-likeness (QED) is 0.290. The Bertz CT molecular complexity index is 1500. The van der Waals surface area contributed by atoms with Crippen molar-refractivity contribution >= 4 is 28.2 Å². The molecule has 12 heteroatoms.